The van der Waals surface area contributed by atoms with Crippen LogP contribution in [0, 0.1) is 6.92 Å². The molecular formula is C20H19ClN4O. The zero-order valence-electron chi connectivity index (χ0n) is 14.5. The first-order chi connectivity index (χ1) is 12.5. The first-order valence-corrected chi connectivity index (χ1v) is 8.62. The van der Waals surface area contributed by atoms with Crippen LogP contribution in [0.5, 0.6) is 0 Å². The molecule has 3 aromatic rings. The predicted octanol–water partition coefficient (Wildman–Crippen LogP) is 4.86. The molecule has 1 heterocycles. The Hall–Kier alpha value is -2.92. The topological polar surface area (TPSA) is 66.9 Å². The van der Waals surface area contributed by atoms with Gasteiger partial charge in [-0.1, -0.05) is 41.9 Å². The lowest BCUT2D eigenvalue weighted by atomic mass is 10.1. The number of nitrogens with one attached hydrogen (secondary N) is 2. The second kappa shape index (κ2) is 7.97. The quantitative estimate of drug-likeness (QED) is 0.676. The van der Waals surface area contributed by atoms with Gasteiger partial charge in [0.15, 0.2) is 0 Å². The number of aromatic nitrogens is 2. The normalized spacial score (nSPS) is 11.7. The average molecular weight is 367 g/mol. The van der Waals surface area contributed by atoms with Crippen LogP contribution in [-0.4, -0.2) is 15.9 Å². The Morgan fingerprint density at radius 2 is 1.85 bits per heavy atom. The van der Waals surface area contributed by atoms with Crippen molar-refractivity contribution < 1.29 is 4.79 Å². The van der Waals surface area contributed by atoms with E-state index in [1.54, 1.807) is 24.3 Å². The van der Waals surface area contributed by atoms with Gasteiger partial charge in [-0.2, -0.15) is 0 Å². The maximum atomic E-state index is 12.5. The highest BCUT2D eigenvalue weighted by atomic mass is 35.5. The highest BCUT2D eigenvalue weighted by molar-refractivity contribution is 6.30. The van der Waals surface area contributed by atoms with Gasteiger partial charge in [0.25, 0.3) is 5.91 Å². The summed E-state index contributed by atoms with van der Waals surface area (Å²) in [7, 11) is 0. The first-order valence-electron chi connectivity index (χ1n) is 8.24. The number of hydrogen-bond acceptors (Lipinski definition) is 4. The molecule has 1 unspecified atom stereocenters. The fourth-order valence-corrected chi connectivity index (χ4v) is 2.79. The van der Waals surface area contributed by atoms with Gasteiger partial charge < -0.3 is 10.6 Å². The van der Waals surface area contributed by atoms with Crippen molar-refractivity contribution in [2.75, 3.05) is 10.6 Å². The van der Waals surface area contributed by atoms with Crippen LogP contribution in [0.3, 0.4) is 0 Å². The third kappa shape index (κ3) is 4.37. The molecule has 0 radical (unpaired) electrons. The van der Waals surface area contributed by atoms with Gasteiger partial charge in [0, 0.05) is 22.8 Å². The molecule has 1 amide bonds. The Balaban J connectivity index is 1.73. The number of carbonyl (C=O) groups is 1. The van der Waals surface area contributed by atoms with Crippen molar-refractivity contribution in [3.05, 3.63) is 82.8 Å². The Labute approximate surface area is 157 Å². The lowest BCUT2D eigenvalue weighted by Gasteiger charge is -2.15. The smallest absolute Gasteiger partial charge is 0.274 e. The van der Waals surface area contributed by atoms with Crippen LogP contribution < -0.4 is 10.6 Å². The summed E-state index contributed by atoms with van der Waals surface area (Å²) in [6, 6.07) is 17.0. The lowest BCUT2D eigenvalue weighted by Crippen LogP contribution is -2.16. The standard InChI is InChI=1S/C20H19ClN4O/c1-13-10-16(21)8-9-17(13)25-20(26)18-11-19(23-12-22-18)24-14(2)15-6-4-3-5-7-15/h3-12,14H,1-2H3,(H,25,26)(H,22,23,24). The van der Waals surface area contributed by atoms with Crippen LogP contribution in [0.4, 0.5) is 11.5 Å². The molecule has 0 aliphatic heterocycles. The fourth-order valence-electron chi connectivity index (χ4n) is 2.56. The van der Waals surface area contributed by atoms with Gasteiger partial charge in [0.1, 0.15) is 17.8 Å². The molecule has 26 heavy (non-hydrogen) atoms. The number of halogens is 1. The zero-order valence-corrected chi connectivity index (χ0v) is 15.3. The monoisotopic (exact) mass is 366 g/mol. The molecule has 6 heteroatoms. The van der Waals surface area contributed by atoms with Crippen molar-refractivity contribution in [2.45, 2.75) is 19.9 Å². The summed E-state index contributed by atoms with van der Waals surface area (Å²) in [5, 5.41) is 6.77. The number of rotatable bonds is 5. The maximum Gasteiger partial charge on any atom is 0.274 e. The molecule has 0 fully saturated rings. The Morgan fingerprint density at radius 1 is 1.08 bits per heavy atom. The molecule has 1 atom stereocenters. The molecule has 1 aromatic heterocycles. The molecule has 0 saturated carbocycles. The summed E-state index contributed by atoms with van der Waals surface area (Å²) in [6.07, 6.45) is 1.38. The molecular weight excluding hydrogens is 348 g/mol. The van der Waals surface area contributed by atoms with Gasteiger partial charge >= 0.3 is 0 Å². The van der Waals surface area contributed by atoms with Crippen molar-refractivity contribution in [1.29, 1.82) is 0 Å². The van der Waals surface area contributed by atoms with Crippen molar-refractivity contribution in [2.24, 2.45) is 0 Å². The molecule has 0 spiro atoms. The second-order valence-electron chi connectivity index (χ2n) is 5.98. The number of aryl methyl sites for hydroxylation is 1. The van der Waals surface area contributed by atoms with Crippen molar-refractivity contribution in [1.82, 2.24) is 9.97 Å². The molecule has 0 bridgehead atoms. The SMILES string of the molecule is Cc1cc(Cl)ccc1NC(=O)c1cc(NC(C)c2ccccc2)ncn1. The first kappa shape index (κ1) is 17.9. The zero-order chi connectivity index (χ0) is 18.5. The minimum atomic E-state index is -0.298. The number of nitrogens with zero attached hydrogens (tertiary/aromatic N) is 2. The molecule has 0 saturated heterocycles. The van der Waals surface area contributed by atoms with E-state index in [0.717, 1.165) is 11.1 Å². The van der Waals surface area contributed by atoms with Gasteiger partial charge in [-0.05, 0) is 43.2 Å². The Morgan fingerprint density at radius 3 is 2.58 bits per heavy atom. The second-order valence-corrected chi connectivity index (χ2v) is 6.41. The molecule has 132 valence electrons. The number of hydrogen-bond donors (Lipinski definition) is 2. The third-order valence-electron chi connectivity index (χ3n) is 4.00. The van der Waals surface area contributed by atoms with Crippen LogP contribution in [0.15, 0.2) is 60.9 Å². The predicted molar refractivity (Wildman–Crippen MR) is 105 cm³/mol. The van der Waals surface area contributed by atoms with Crippen LogP contribution in [0.2, 0.25) is 5.02 Å². The van der Waals surface area contributed by atoms with Gasteiger partial charge in [0.05, 0.1) is 0 Å². The summed E-state index contributed by atoms with van der Waals surface area (Å²) < 4.78 is 0. The summed E-state index contributed by atoms with van der Waals surface area (Å²) in [5.41, 5.74) is 3.01. The van der Waals surface area contributed by atoms with E-state index in [1.165, 1.54) is 6.33 Å². The van der Waals surface area contributed by atoms with E-state index in [-0.39, 0.29) is 17.6 Å². The minimum Gasteiger partial charge on any atom is -0.363 e. The van der Waals surface area contributed by atoms with Crippen molar-refractivity contribution in [3.63, 3.8) is 0 Å². The van der Waals surface area contributed by atoms with E-state index in [4.69, 9.17) is 11.6 Å². The molecule has 0 aliphatic rings. The third-order valence-corrected chi connectivity index (χ3v) is 4.24. The summed E-state index contributed by atoms with van der Waals surface area (Å²) in [5.74, 6) is 0.294. The molecule has 5 nitrogen and oxygen atoms in total. The summed E-state index contributed by atoms with van der Waals surface area (Å²) in [4.78, 5) is 20.8. The number of benzene rings is 2. The van der Waals surface area contributed by atoms with Crippen molar-refractivity contribution in [3.8, 4) is 0 Å². The largest absolute Gasteiger partial charge is 0.363 e. The molecule has 2 N–H and O–H groups in total. The molecule has 3 rings (SSSR count). The van der Waals surface area contributed by atoms with E-state index < -0.39 is 0 Å². The highest BCUT2D eigenvalue weighted by Crippen LogP contribution is 2.21. The van der Waals surface area contributed by atoms with Crippen LogP contribution in [0.25, 0.3) is 0 Å². The van der Waals surface area contributed by atoms with E-state index in [2.05, 4.69) is 20.6 Å². The maximum absolute atomic E-state index is 12.5. The minimum absolute atomic E-state index is 0.0560. The molecule has 2 aromatic carbocycles. The summed E-state index contributed by atoms with van der Waals surface area (Å²) in [6.45, 7) is 3.92. The number of amides is 1. The van der Waals surface area contributed by atoms with E-state index in [1.807, 2.05) is 44.2 Å². The highest BCUT2D eigenvalue weighted by Gasteiger charge is 2.12. The van der Waals surface area contributed by atoms with E-state index in [0.29, 0.717) is 16.5 Å². The Kier molecular flexibility index (Phi) is 5.49. The van der Waals surface area contributed by atoms with Crippen molar-refractivity contribution >= 4 is 29.0 Å². The summed E-state index contributed by atoms with van der Waals surface area (Å²) >= 11 is 5.95. The van der Waals surface area contributed by atoms with Crippen LogP contribution >= 0.6 is 11.6 Å². The van der Waals surface area contributed by atoms with E-state index >= 15 is 0 Å². The van der Waals surface area contributed by atoms with Gasteiger partial charge in [-0.15, -0.1) is 0 Å². The van der Waals surface area contributed by atoms with Gasteiger partial charge in [-0.3, -0.25) is 4.79 Å². The van der Waals surface area contributed by atoms with E-state index in [9.17, 15) is 4.79 Å². The van der Waals surface area contributed by atoms with Gasteiger partial charge in [-0.25, -0.2) is 9.97 Å². The van der Waals surface area contributed by atoms with Gasteiger partial charge in [0.2, 0.25) is 0 Å². The number of carbonyl (C=O) groups excluding carboxylic acids is 1. The Bertz CT molecular complexity index is 915. The number of anilines is 2. The molecule has 0 aliphatic carbocycles. The lowest BCUT2D eigenvalue weighted by molar-refractivity contribution is 0.102. The fraction of sp³-hybridized carbons (Fsp3) is 0.150. The van der Waals surface area contributed by atoms with Crippen LogP contribution in [0.1, 0.15) is 34.6 Å². The average Bonchev–Trinajstić information content (AvgIpc) is 2.65. The van der Waals surface area contributed by atoms with Crippen LogP contribution in [-0.2, 0) is 0 Å².